The highest BCUT2D eigenvalue weighted by molar-refractivity contribution is 9.08. The van der Waals surface area contributed by atoms with Crippen LogP contribution in [0.15, 0.2) is 12.1 Å². The van der Waals surface area contributed by atoms with Crippen LogP contribution in [0.5, 0.6) is 0 Å². The van der Waals surface area contributed by atoms with Crippen molar-refractivity contribution in [3.63, 3.8) is 0 Å². The van der Waals surface area contributed by atoms with E-state index in [9.17, 15) is 9.18 Å². The van der Waals surface area contributed by atoms with Gasteiger partial charge in [-0.3, -0.25) is 0 Å². The van der Waals surface area contributed by atoms with Crippen molar-refractivity contribution >= 4 is 33.5 Å². The van der Waals surface area contributed by atoms with Gasteiger partial charge in [-0.2, -0.15) is 0 Å². The maximum atomic E-state index is 13.1. The molecule has 0 aromatic heterocycles. The fourth-order valence-electron chi connectivity index (χ4n) is 1.10. The van der Waals surface area contributed by atoms with Gasteiger partial charge in [0.15, 0.2) is 0 Å². The smallest absolute Gasteiger partial charge is 0.338 e. The number of carbonyl (C=O) groups is 1. The number of benzene rings is 1. The molecule has 0 aliphatic rings. The third-order valence-electron chi connectivity index (χ3n) is 1.79. The number of ether oxygens (including phenoxy) is 1. The lowest BCUT2D eigenvalue weighted by atomic mass is 10.1. The van der Waals surface area contributed by atoms with Crippen molar-refractivity contribution in [2.45, 2.75) is 12.3 Å². The molecule has 2 nitrogen and oxygen atoms in total. The number of rotatable bonds is 3. The van der Waals surface area contributed by atoms with Crippen LogP contribution in [0.1, 0.15) is 22.8 Å². The zero-order valence-electron chi connectivity index (χ0n) is 8.02. The molecule has 5 heteroatoms. The molecule has 0 spiro atoms. The number of carbonyl (C=O) groups excluding carboxylic acids is 1. The van der Waals surface area contributed by atoms with Gasteiger partial charge in [-0.1, -0.05) is 27.5 Å². The predicted octanol–water partition coefficient (Wildman–Crippen LogP) is 3.55. The van der Waals surface area contributed by atoms with Gasteiger partial charge >= 0.3 is 5.97 Å². The van der Waals surface area contributed by atoms with E-state index in [0.29, 0.717) is 10.9 Å². The van der Waals surface area contributed by atoms with Gasteiger partial charge in [-0.15, -0.1) is 0 Å². The molecule has 0 saturated heterocycles. The minimum atomic E-state index is -0.621. The molecule has 82 valence electrons. The Morgan fingerprint density at radius 2 is 2.27 bits per heavy atom. The summed E-state index contributed by atoms with van der Waals surface area (Å²) in [6.45, 7) is 1.95. The Bertz CT molecular complexity index is 382. The first-order valence-corrected chi connectivity index (χ1v) is 5.81. The number of esters is 1. The Morgan fingerprint density at radius 3 is 2.80 bits per heavy atom. The molecule has 15 heavy (non-hydrogen) atoms. The average Bonchev–Trinajstić information content (AvgIpc) is 2.21. The van der Waals surface area contributed by atoms with Crippen molar-refractivity contribution < 1.29 is 13.9 Å². The van der Waals surface area contributed by atoms with Crippen LogP contribution in [0.4, 0.5) is 4.39 Å². The molecule has 0 N–H and O–H groups in total. The zero-order chi connectivity index (χ0) is 11.4. The minimum Gasteiger partial charge on any atom is -0.462 e. The molecule has 0 aliphatic heterocycles. The van der Waals surface area contributed by atoms with Gasteiger partial charge in [-0.25, -0.2) is 9.18 Å². The van der Waals surface area contributed by atoms with Crippen LogP contribution in [0.2, 0.25) is 5.02 Å². The summed E-state index contributed by atoms with van der Waals surface area (Å²) in [6, 6.07) is 2.51. The van der Waals surface area contributed by atoms with Crippen LogP contribution >= 0.6 is 27.5 Å². The number of hydrogen-bond acceptors (Lipinski definition) is 2. The van der Waals surface area contributed by atoms with E-state index in [1.54, 1.807) is 6.92 Å². The van der Waals surface area contributed by atoms with Gasteiger partial charge in [0.1, 0.15) is 5.82 Å². The number of halogens is 3. The third kappa shape index (κ3) is 2.92. The van der Waals surface area contributed by atoms with Crippen molar-refractivity contribution in [1.29, 1.82) is 0 Å². The lowest BCUT2D eigenvalue weighted by molar-refractivity contribution is 0.0525. The summed E-state index contributed by atoms with van der Waals surface area (Å²) in [4.78, 5) is 11.4. The summed E-state index contributed by atoms with van der Waals surface area (Å²) in [5.41, 5.74) is 0.815. The normalized spacial score (nSPS) is 10.1. The molecular formula is C10H9BrClFO2. The lowest BCUT2D eigenvalue weighted by Gasteiger charge is -2.07. The highest BCUT2D eigenvalue weighted by Crippen LogP contribution is 2.22. The van der Waals surface area contributed by atoms with Crippen LogP contribution in [0, 0.1) is 5.82 Å². The number of hydrogen-bond donors (Lipinski definition) is 0. The van der Waals surface area contributed by atoms with Crippen molar-refractivity contribution in [3.8, 4) is 0 Å². The molecule has 0 saturated carbocycles. The highest BCUT2D eigenvalue weighted by Gasteiger charge is 2.15. The second kappa shape index (κ2) is 5.47. The average molecular weight is 296 g/mol. The fraction of sp³-hybridized carbons (Fsp3) is 0.300. The van der Waals surface area contributed by atoms with E-state index >= 15 is 0 Å². The molecule has 0 amide bonds. The summed E-state index contributed by atoms with van der Waals surface area (Å²) in [5, 5.41) is 0.415. The van der Waals surface area contributed by atoms with Crippen LogP contribution in [0.3, 0.4) is 0 Å². The molecule has 0 radical (unpaired) electrons. The summed E-state index contributed by atoms with van der Waals surface area (Å²) >= 11 is 8.80. The van der Waals surface area contributed by atoms with Crippen LogP contribution < -0.4 is 0 Å². The largest absolute Gasteiger partial charge is 0.462 e. The Labute approximate surface area is 101 Å². The second-order valence-electron chi connectivity index (χ2n) is 2.78. The Morgan fingerprint density at radius 1 is 1.60 bits per heavy atom. The van der Waals surface area contributed by atoms with Crippen molar-refractivity contribution in [1.82, 2.24) is 0 Å². The van der Waals surface area contributed by atoms with Gasteiger partial charge in [0.25, 0.3) is 0 Å². The molecule has 0 bridgehead atoms. The van der Waals surface area contributed by atoms with E-state index in [0.717, 1.165) is 6.07 Å². The molecule has 0 fully saturated rings. The molecular weight excluding hydrogens is 286 g/mol. The van der Waals surface area contributed by atoms with Crippen LogP contribution in [0.25, 0.3) is 0 Å². The third-order valence-corrected chi connectivity index (χ3v) is 2.68. The van der Waals surface area contributed by atoms with E-state index in [4.69, 9.17) is 16.3 Å². The number of alkyl halides is 1. The van der Waals surface area contributed by atoms with Crippen molar-refractivity contribution in [3.05, 3.63) is 34.1 Å². The predicted molar refractivity (Wildman–Crippen MR) is 60.0 cm³/mol. The maximum Gasteiger partial charge on any atom is 0.338 e. The monoisotopic (exact) mass is 294 g/mol. The Kier molecular flexibility index (Phi) is 4.54. The maximum absolute atomic E-state index is 13.1. The first kappa shape index (κ1) is 12.5. The van der Waals surface area contributed by atoms with Crippen molar-refractivity contribution in [2.24, 2.45) is 0 Å². The van der Waals surface area contributed by atoms with E-state index < -0.39 is 11.8 Å². The highest BCUT2D eigenvalue weighted by atomic mass is 79.9. The molecule has 0 aliphatic carbocycles. The van der Waals surface area contributed by atoms with E-state index in [2.05, 4.69) is 15.9 Å². The second-order valence-corrected chi connectivity index (χ2v) is 3.75. The van der Waals surface area contributed by atoms with Gasteiger partial charge in [0, 0.05) is 5.33 Å². The topological polar surface area (TPSA) is 26.3 Å². The summed E-state index contributed by atoms with van der Waals surface area (Å²) in [6.07, 6.45) is 0. The van der Waals surface area contributed by atoms with Gasteiger partial charge in [0.2, 0.25) is 0 Å². The molecule has 0 atom stereocenters. The lowest BCUT2D eigenvalue weighted by Crippen LogP contribution is -2.08. The summed E-state index contributed by atoms with van der Waals surface area (Å²) in [7, 11) is 0. The van der Waals surface area contributed by atoms with E-state index in [-0.39, 0.29) is 17.2 Å². The zero-order valence-corrected chi connectivity index (χ0v) is 10.4. The minimum absolute atomic E-state index is 0.00232. The van der Waals surface area contributed by atoms with E-state index in [1.807, 2.05) is 0 Å². The van der Waals surface area contributed by atoms with Gasteiger partial charge in [0.05, 0.1) is 17.2 Å². The summed E-state index contributed by atoms with van der Waals surface area (Å²) < 4.78 is 17.9. The fourth-order valence-corrected chi connectivity index (χ4v) is 1.75. The quantitative estimate of drug-likeness (QED) is 0.629. The Hall–Kier alpha value is -0.610. The van der Waals surface area contributed by atoms with Crippen molar-refractivity contribution in [2.75, 3.05) is 6.61 Å². The molecule has 1 rings (SSSR count). The first-order valence-electron chi connectivity index (χ1n) is 4.31. The molecule has 1 aromatic rings. The molecule has 0 heterocycles. The van der Waals surface area contributed by atoms with Crippen LogP contribution in [-0.2, 0) is 10.1 Å². The van der Waals surface area contributed by atoms with E-state index in [1.165, 1.54) is 6.07 Å². The molecule has 0 unspecified atom stereocenters. The first-order chi connectivity index (χ1) is 7.10. The Balaban J connectivity index is 3.15. The van der Waals surface area contributed by atoms with Crippen LogP contribution in [-0.4, -0.2) is 12.6 Å². The summed E-state index contributed by atoms with van der Waals surface area (Å²) in [5.74, 6) is -1.16. The van der Waals surface area contributed by atoms with Gasteiger partial charge < -0.3 is 4.74 Å². The standard InChI is InChI=1S/C10H9BrClFO2/c1-2-15-10(14)7-4-9(13)8(12)3-6(7)5-11/h3-4H,2,5H2,1H3. The van der Waals surface area contributed by atoms with Gasteiger partial charge in [-0.05, 0) is 24.6 Å². The SMILES string of the molecule is CCOC(=O)c1cc(F)c(Cl)cc1CBr. The molecule has 1 aromatic carbocycles.